The van der Waals surface area contributed by atoms with E-state index >= 15 is 0 Å². The predicted octanol–water partition coefficient (Wildman–Crippen LogP) is 0.422. The zero-order valence-corrected chi connectivity index (χ0v) is 6.87. The molecule has 0 aromatic heterocycles. The van der Waals surface area contributed by atoms with Crippen molar-refractivity contribution in [2.45, 2.75) is 32.0 Å². The lowest BCUT2D eigenvalue weighted by atomic mass is 10.0. The van der Waals surface area contributed by atoms with Crippen molar-refractivity contribution in [1.82, 2.24) is 0 Å². The largest absolute Gasteiger partial charge is 0.495 e. The standard InChI is InChI=1S/C8H14O3/c1-8(2,10)7(9)6-4-3-5-11-6/h4,7,9-10H,3,5H2,1-2H3. The van der Waals surface area contributed by atoms with Crippen molar-refractivity contribution < 1.29 is 14.9 Å². The van der Waals surface area contributed by atoms with E-state index < -0.39 is 11.7 Å². The minimum atomic E-state index is -1.11. The molecule has 1 atom stereocenters. The Bertz CT molecular complexity index is 167. The molecule has 1 heterocycles. The third-order valence-electron chi connectivity index (χ3n) is 1.67. The van der Waals surface area contributed by atoms with Crippen molar-refractivity contribution in [1.29, 1.82) is 0 Å². The Labute approximate surface area is 66.3 Å². The van der Waals surface area contributed by atoms with Crippen molar-refractivity contribution in [3.8, 4) is 0 Å². The smallest absolute Gasteiger partial charge is 0.139 e. The summed E-state index contributed by atoms with van der Waals surface area (Å²) in [7, 11) is 0. The van der Waals surface area contributed by atoms with E-state index in [0.717, 1.165) is 6.42 Å². The second kappa shape index (κ2) is 2.83. The number of ether oxygens (including phenoxy) is 1. The third kappa shape index (κ3) is 1.94. The van der Waals surface area contributed by atoms with Gasteiger partial charge in [-0.2, -0.15) is 0 Å². The van der Waals surface area contributed by atoms with E-state index in [0.29, 0.717) is 12.4 Å². The molecule has 0 amide bonds. The maximum atomic E-state index is 9.44. The molecular formula is C8H14O3. The SMILES string of the molecule is CC(C)(O)C(O)C1=CCCO1. The van der Waals surface area contributed by atoms with Crippen LogP contribution in [0.4, 0.5) is 0 Å². The van der Waals surface area contributed by atoms with Crippen molar-refractivity contribution in [3.05, 3.63) is 11.8 Å². The molecule has 0 aliphatic carbocycles. The summed E-state index contributed by atoms with van der Waals surface area (Å²) in [6, 6.07) is 0. The van der Waals surface area contributed by atoms with Crippen LogP contribution in [0.2, 0.25) is 0 Å². The number of hydrogen-bond acceptors (Lipinski definition) is 3. The van der Waals surface area contributed by atoms with Crippen molar-refractivity contribution in [2.24, 2.45) is 0 Å². The van der Waals surface area contributed by atoms with E-state index in [4.69, 9.17) is 4.74 Å². The Kier molecular flexibility index (Phi) is 2.20. The summed E-state index contributed by atoms with van der Waals surface area (Å²) in [6.07, 6.45) is 1.73. The molecule has 3 nitrogen and oxygen atoms in total. The maximum absolute atomic E-state index is 9.44. The van der Waals surface area contributed by atoms with Crippen LogP contribution in [0.25, 0.3) is 0 Å². The predicted molar refractivity (Wildman–Crippen MR) is 41.0 cm³/mol. The Hall–Kier alpha value is -0.540. The van der Waals surface area contributed by atoms with Gasteiger partial charge in [-0.25, -0.2) is 0 Å². The molecule has 1 aliphatic rings. The fourth-order valence-electron chi connectivity index (χ4n) is 0.976. The molecule has 1 rings (SSSR count). The van der Waals surface area contributed by atoms with Gasteiger partial charge in [-0.3, -0.25) is 0 Å². The van der Waals surface area contributed by atoms with E-state index in [-0.39, 0.29) is 0 Å². The molecular weight excluding hydrogens is 144 g/mol. The van der Waals surface area contributed by atoms with Crippen LogP contribution in [0.5, 0.6) is 0 Å². The molecule has 0 radical (unpaired) electrons. The van der Waals surface area contributed by atoms with Gasteiger partial charge in [0.15, 0.2) is 0 Å². The second-order valence-corrected chi connectivity index (χ2v) is 3.30. The minimum Gasteiger partial charge on any atom is -0.495 e. The lowest BCUT2D eigenvalue weighted by molar-refractivity contribution is -0.0509. The summed E-state index contributed by atoms with van der Waals surface area (Å²) in [4.78, 5) is 0. The average molecular weight is 158 g/mol. The highest BCUT2D eigenvalue weighted by molar-refractivity contribution is 5.08. The van der Waals surface area contributed by atoms with Gasteiger partial charge in [-0.15, -0.1) is 0 Å². The molecule has 0 saturated carbocycles. The Balaban J connectivity index is 2.60. The molecule has 0 aromatic rings. The maximum Gasteiger partial charge on any atom is 0.139 e. The van der Waals surface area contributed by atoms with Gasteiger partial charge >= 0.3 is 0 Å². The molecule has 1 unspecified atom stereocenters. The van der Waals surface area contributed by atoms with Gasteiger partial charge in [0, 0.05) is 6.42 Å². The van der Waals surface area contributed by atoms with Gasteiger partial charge in [0.25, 0.3) is 0 Å². The Morgan fingerprint density at radius 1 is 1.64 bits per heavy atom. The van der Waals surface area contributed by atoms with Gasteiger partial charge in [0.1, 0.15) is 11.9 Å². The summed E-state index contributed by atoms with van der Waals surface area (Å²) in [6.45, 7) is 3.73. The van der Waals surface area contributed by atoms with Crippen LogP contribution >= 0.6 is 0 Å². The first-order valence-corrected chi connectivity index (χ1v) is 3.75. The molecule has 64 valence electrons. The fourth-order valence-corrected chi connectivity index (χ4v) is 0.976. The first kappa shape index (κ1) is 8.56. The molecule has 0 fully saturated rings. The summed E-state index contributed by atoms with van der Waals surface area (Å²) in [5.74, 6) is 0.498. The van der Waals surface area contributed by atoms with Crippen molar-refractivity contribution in [2.75, 3.05) is 6.61 Å². The summed E-state index contributed by atoms with van der Waals surface area (Å²) in [5.41, 5.74) is -1.11. The first-order chi connectivity index (χ1) is 5.02. The van der Waals surface area contributed by atoms with E-state index in [9.17, 15) is 10.2 Å². The van der Waals surface area contributed by atoms with Crippen LogP contribution in [-0.2, 0) is 4.74 Å². The molecule has 0 saturated heterocycles. The lowest BCUT2D eigenvalue weighted by Crippen LogP contribution is -2.37. The summed E-state index contributed by atoms with van der Waals surface area (Å²) < 4.78 is 5.09. The van der Waals surface area contributed by atoms with E-state index in [1.165, 1.54) is 0 Å². The van der Waals surface area contributed by atoms with E-state index in [2.05, 4.69) is 0 Å². The van der Waals surface area contributed by atoms with Crippen molar-refractivity contribution in [3.63, 3.8) is 0 Å². The van der Waals surface area contributed by atoms with Gasteiger partial charge in [-0.05, 0) is 19.9 Å². The number of hydrogen-bond donors (Lipinski definition) is 2. The minimum absolute atomic E-state index is 0.498. The highest BCUT2D eigenvalue weighted by atomic mass is 16.5. The summed E-state index contributed by atoms with van der Waals surface area (Å²) in [5, 5.41) is 18.8. The fraction of sp³-hybridized carbons (Fsp3) is 0.750. The van der Waals surface area contributed by atoms with Gasteiger partial charge < -0.3 is 14.9 Å². The zero-order valence-electron chi connectivity index (χ0n) is 6.87. The normalized spacial score (nSPS) is 20.9. The van der Waals surface area contributed by atoms with E-state index in [1.807, 2.05) is 6.08 Å². The van der Waals surface area contributed by atoms with Gasteiger partial charge in [0.05, 0.1) is 12.2 Å². The van der Waals surface area contributed by atoms with Crippen molar-refractivity contribution >= 4 is 0 Å². The molecule has 2 N–H and O–H groups in total. The van der Waals surface area contributed by atoms with Crippen LogP contribution in [0.15, 0.2) is 11.8 Å². The molecule has 3 heteroatoms. The highest BCUT2D eigenvalue weighted by Crippen LogP contribution is 2.21. The molecule has 0 spiro atoms. The first-order valence-electron chi connectivity index (χ1n) is 3.75. The quantitative estimate of drug-likeness (QED) is 0.612. The number of aliphatic hydroxyl groups excluding tert-OH is 1. The third-order valence-corrected chi connectivity index (χ3v) is 1.67. The van der Waals surface area contributed by atoms with Gasteiger partial charge in [0.2, 0.25) is 0 Å². The van der Waals surface area contributed by atoms with Crippen LogP contribution in [0, 0.1) is 0 Å². The van der Waals surface area contributed by atoms with Gasteiger partial charge in [-0.1, -0.05) is 0 Å². The highest BCUT2D eigenvalue weighted by Gasteiger charge is 2.30. The van der Waals surface area contributed by atoms with Crippen LogP contribution in [0.1, 0.15) is 20.3 Å². The Morgan fingerprint density at radius 2 is 2.27 bits per heavy atom. The molecule has 0 aromatic carbocycles. The molecule has 0 bridgehead atoms. The Morgan fingerprint density at radius 3 is 2.64 bits per heavy atom. The van der Waals surface area contributed by atoms with Crippen LogP contribution in [-0.4, -0.2) is 28.5 Å². The number of aliphatic hydroxyl groups is 2. The second-order valence-electron chi connectivity index (χ2n) is 3.30. The average Bonchev–Trinajstić information content (AvgIpc) is 2.34. The van der Waals surface area contributed by atoms with E-state index in [1.54, 1.807) is 13.8 Å². The lowest BCUT2D eigenvalue weighted by Gasteiger charge is -2.24. The number of rotatable bonds is 2. The zero-order chi connectivity index (χ0) is 8.48. The summed E-state index contributed by atoms with van der Waals surface area (Å²) >= 11 is 0. The van der Waals surface area contributed by atoms with Crippen LogP contribution in [0.3, 0.4) is 0 Å². The molecule has 11 heavy (non-hydrogen) atoms. The molecule has 1 aliphatic heterocycles. The van der Waals surface area contributed by atoms with Crippen LogP contribution < -0.4 is 0 Å². The monoisotopic (exact) mass is 158 g/mol. The topological polar surface area (TPSA) is 49.7 Å².